The number of benzene rings is 1. The number of hydrogen-bond donors (Lipinski definition) is 0. The summed E-state index contributed by atoms with van der Waals surface area (Å²) >= 11 is 0. The number of piperidine rings is 1. The van der Waals surface area contributed by atoms with E-state index >= 15 is 0 Å². The van der Waals surface area contributed by atoms with Gasteiger partial charge in [-0.25, -0.2) is 0 Å². The molecule has 5 nitrogen and oxygen atoms in total. The monoisotopic (exact) mass is 396 g/mol. The van der Waals surface area contributed by atoms with Crippen LogP contribution in [0.4, 0.5) is 0 Å². The Hall–Kier alpha value is -2.27. The summed E-state index contributed by atoms with van der Waals surface area (Å²) < 4.78 is 11.1. The molecule has 0 radical (unpaired) electrons. The summed E-state index contributed by atoms with van der Waals surface area (Å²) in [6.45, 7) is 9.95. The second kappa shape index (κ2) is 8.62. The molecule has 3 heterocycles. The van der Waals surface area contributed by atoms with Gasteiger partial charge in [-0.05, 0) is 49.3 Å². The molecule has 0 bridgehead atoms. The van der Waals surface area contributed by atoms with Crippen LogP contribution in [0.2, 0.25) is 0 Å². The molecule has 1 spiro atoms. The molecular weight excluding hydrogens is 364 g/mol. The molecule has 0 N–H and O–H groups in total. The molecule has 2 saturated heterocycles. The van der Waals surface area contributed by atoms with Gasteiger partial charge in [-0.3, -0.25) is 9.69 Å². The maximum absolute atomic E-state index is 12.6. The number of nitrogens with zero attached hydrogens (tertiary/aromatic N) is 2. The van der Waals surface area contributed by atoms with E-state index < -0.39 is 0 Å². The molecule has 0 atom stereocenters. The van der Waals surface area contributed by atoms with Crippen molar-refractivity contribution < 1.29 is 13.9 Å². The molecule has 1 aromatic carbocycles. The van der Waals surface area contributed by atoms with Crippen LogP contribution < -0.4 is 4.74 Å². The number of hydrogen-bond acceptors (Lipinski definition) is 4. The Labute approximate surface area is 173 Å². The maximum atomic E-state index is 12.6. The fraction of sp³-hybridized carbons (Fsp3) is 0.542. The van der Waals surface area contributed by atoms with Crippen molar-refractivity contribution in [3.63, 3.8) is 0 Å². The van der Waals surface area contributed by atoms with Crippen LogP contribution in [-0.2, 0) is 6.54 Å². The Bertz CT molecular complexity index is 807. The molecule has 2 aliphatic rings. The van der Waals surface area contributed by atoms with Crippen LogP contribution >= 0.6 is 0 Å². The third-order valence-electron chi connectivity index (χ3n) is 6.34. The van der Waals surface area contributed by atoms with Crippen molar-refractivity contribution >= 4 is 5.91 Å². The van der Waals surface area contributed by atoms with Gasteiger partial charge >= 0.3 is 0 Å². The Morgan fingerprint density at radius 3 is 2.62 bits per heavy atom. The maximum Gasteiger partial charge on any atom is 0.257 e. The molecular formula is C24H32N2O3. The zero-order valence-electron chi connectivity index (χ0n) is 17.6. The number of para-hydroxylation sites is 1. The van der Waals surface area contributed by atoms with Gasteiger partial charge in [0.25, 0.3) is 5.91 Å². The number of carbonyl (C=O) groups excluding carboxylic acids is 1. The van der Waals surface area contributed by atoms with Crippen molar-refractivity contribution in [3.05, 3.63) is 54.0 Å². The lowest BCUT2D eigenvalue weighted by molar-refractivity contribution is 0.0587. The van der Waals surface area contributed by atoms with E-state index in [0.29, 0.717) is 16.9 Å². The summed E-state index contributed by atoms with van der Waals surface area (Å²) in [6.07, 6.45) is 6.49. The predicted molar refractivity (Wildman–Crippen MR) is 113 cm³/mol. The summed E-state index contributed by atoms with van der Waals surface area (Å²) in [7, 11) is 0. The first-order valence-corrected chi connectivity index (χ1v) is 10.8. The van der Waals surface area contributed by atoms with Gasteiger partial charge in [-0.2, -0.15) is 0 Å². The van der Waals surface area contributed by atoms with Crippen molar-refractivity contribution in [3.8, 4) is 5.75 Å². The highest BCUT2D eigenvalue weighted by molar-refractivity contribution is 5.93. The number of ether oxygens (including phenoxy) is 1. The molecule has 156 valence electrons. The molecule has 4 rings (SSSR count). The normalized spacial score (nSPS) is 19.2. The standard InChI is InChI=1S/C24H32N2O3/c1-19(2)16-29-22-6-4-3-5-20(22)15-25-11-8-24(18-25)9-12-26(13-10-24)23(27)21-7-14-28-17-21/h3-7,14,17,19H,8-13,15-16,18H2,1-2H3. The van der Waals surface area contributed by atoms with Crippen LogP contribution in [0.15, 0.2) is 47.3 Å². The number of amides is 1. The highest BCUT2D eigenvalue weighted by atomic mass is 16.5. The van der Waals surface area contributed by atoms with E-state index in [9.17, 15) is 4.79 Å². The number of carbonyl (C=O) groups is 1. The van der Waals surface area contributed by atoms with Gasteiger partial charge < -0.3 is 14.1 Å². The van der Waals surface area contributed by atoms with Crippen molar-refractivity contribution in [1.82, 2.24) is 9.80 Å². The number of furan rings is 1. The minimum Gasteiger partial charge on any atom is -0.493 e. The zero-order chi connectivity index (χ0) is 20.3. The fourth-order valence-electron chi connectivity index (χ4n) is 4.60. The lowest BCUT2D eigenvalue weighted by Gasteiger charge is -2.39. The Balaban J connectivity index is 1.33. The fourth-order valence-corrected chi connectivity index (χ4v) is 4.60. The topological polar surface area (TPSA) is 45.9 Å². The largest absolute Gasteiger partial charge is 0.493 e. The van der Waals surface area contributed by atoms with Crippen LogP contribution in [0.25, 0.3) is 0 Å². The van der Waals surface area contributed by atoms with E-state index in [-0.39, 0.29) is 5.91 Å². The molecule has 1 amide bonds. The van der Waals surface area contributed by atoms with E-state index in [2.05, 4.69) is 43.0 Å². The smallest absolute Gasteiger partial charge is 0.257 e. The van der Waals surface area contributed by atoms with E-state index in [1.807, 2.05) is 4.90 Å². The summed E-state index contributed by atoms with van der Waals surface area (Å²) in [6, 6.07) is 10.2. The summed E-state index contributed by atoms with van der Waals surface area (Å²) in [5.74, 6) is 1.63. The lowest BCUT2D eigenvalue weighted by Crippen LogP contribution is -2.44. The highest BCUT2D eigenvalue weighted by Gasteiger charge is 2.41. The molecule has 1 aromatic heterocycles. The first kappa shape index (κ1) is 20.0. The molecule has 0 aliphatic carbocycles. The summed E-state index contributed by atoms with van der Waals surface area (Å²) in [4.78, 5) is 17.1. The molecule has 2 aromatic rings. The molecule has 0 unspecified atom stereocenters. The lowest BCUT2D eigenvalue weighted by atomic mass is 9.77. The van der Waals surface area contributed by atoms with Gasteiger partial charge in [0.15, 0.2) is 0 Å². The minimum atomic E-state index is 0.0969. The van der Waals surface area contributed by atoms with Gasteiger partial charge in [-0.15, -0.1) is 0 Å². The van der Waals surface area contributed by atoms with Gasteiger partial charge in [0.1, 0.15) is 12.0 Å². The van der Waals surface area contributed by atoms with Gasteiger partial charge in [0.05, 0.1) is 18.4 Å². The van der Waals surface area contributed by atoms with E-state index in [4.69, 9.17) is 9.15 Å². The molecule has 0 saturated carbocycles. The molecule has 5 heteroatoms. The van der Waals surface area contributed by atoms with Crippen LogP contribution in [0.5, 0.6) is 5.75 Å². The Morgan fingerprint density at radius 2 is 1.90 bits per heavy atom. The first-order chi connectivity index (χ1) is 14.0. The van der Waals surface area contributed by atoms with E-state index in [0.717, 1.165) is 57.9 Å². The minimum absolute atomic E-state index is 0.0969. The van der Waals surface area contributed by atoms with Crippen molar-refractivity contribution in [1.29, 1.82) is 0 Å². The predicted octanol–water partition coefficient (Wildman–Crippen LogP) is 4.44. The van der Waals surface area contributed by atoms with Crippen LogP contribution in [-0.4, -0.2) is 48.5 Å². The third-order valence-corrected chi connectivity index (χ3v) is 6.34. The average molecular weight is 397 g/mol. The van der Waals surface area contributed by atoms with Gasteiger partial charge in [0.2, 0.25) is 0 Å². The number of likely N-dealkylation sites (tertiary alicyclic amines) is 2. The quantitative estimate of drug-likeness (QED) is 0.724. The van der Waals surface area contributed by atoms with Gasteiger partial charge in [-0.1, -0.05) is 32.0 Å². The van der Waals surface area contributed by atoms with Crippen LogP contribution in [0, 0.1) is 11.3 Å². The molecule has 29 heavy (non-hydrogen) atoms. The SMILES string of the molecule is CC(C)COc1ccccc1CN1CCC2(CCN(C(=O)c3ccoc3)CC2)C1. The van der Waals surface area contributed by atoms with E-state index in [1.165, 1.54) is 12.0 Å². The van der Waals surface area contributed by atoms with Crippen molar-refractivity contribution in [2.24, 2.45) is 11.3 Å². The highest BCUT2D eigenvalue weighted by Crippen LogP contribution is 2.41. The Morgan fingerprint density at radius 1 is 1.14 bits per heavy atom. The van der Waals surface area contributed by atoms with Gasteiger partial charge in [0, 0.05) is 31.7 Å². The molecule has 2 aliphatic heterocycles. The second-order valence-electron chi connectivity index (χ2n) is 9.08. The van der Waals surface area contributed by atoms with Crippen molar-refractivity contribution in [2.75, 3.05) is 32.8 Å². The van der Waals surface area contributed by atoms with Crippen molar-refractivity contribution in [2.45, 2.75) is 39.7 Å². The Kier molecular flexibility index (Phi) is 5.95. The zero-order valence-corrected chi connectivity index (χ0v) is 17.6. The second-order valence-corrected chi connectivity index (χ2v) is 9.08. The summed E-state index contributed by atoms with van der Waals surface area (Å²) in [5.41, 5.74) is 2.28. The first-order valence-electron chi connectivity index (χ1n) is 10.8. The van der Waals surface area contributed by atoms with Crippen LogP contribution in [0.3, 0.4) is 0 Å². The number of rotatable bonds is 6. The molecule has 2 fully saturated rings. The van der Waals surface area contributed by atoms with E-state index in [1.54, 1.807) is 18.6 Å². The van der Waals surface area contributed by atoms with Crippen LogP contribution in [0.1, 0.15) is 49.0 Å². The summed E-state index contributed by atoms with van der Waals surface area (Å²) in [5, 5.41) is 0. The average Bonchev–Trinajstić information content (AvgIpc) is 3.38. The third kappa shape index (κ3) is 4.67.